The van der Waals surface area contributed by atoms with Gasteiger partial charge in [-0.2, -0.15) is 0 Å². The molecular weight excluding hydrogens is 394 g/mol. The molecule has 1 aliphatic rings. The van der Waals surface area contributed by atoms with Crippen LogP contribution in [0.4, 0.5) is 0 Å². The molecule has 3 heteroatoms. The van der Waals surface area contributed by atoms with E-state index in [0.717, 1.165) is 11.5 Å². The molecule has 0 unspecified atom stereocenters. The number of rotatable bonds is 1. The molecule has 0 saturated carbocycles. The number of aryl methyl sites for hydroxylation is 2. The quantitative estimate of drug-likeness (QED) is 0.166. The fourth-order valence-corrected chi connectivity index (χ4v) is 6.28. The predicted octanol–water partition coefficient (Wildman–Crippen LogP) is 6.60. The lowest BCUT2D eigenvalue weighted by Crippen LogP contribution is -2.38. The summed E-state index contributed by atoms with van der Waals surface area (Å²) < 4.78 is 8.91. The van der Waals surface area contributed by atoms with Crippen LogP contribution in [0.3, 0.4) is 0 Å². The Morgan fingerprint density at radius 1 is 0.774 bits per heavy atom. The van der Waals surface area contributed by atoms with Gasteiger partial charge in [0.05, 0.1) is 19.0 Å². The molecule has 0 aliphatic carbocycles. The van der Waals surface area contributed by atoms with Gasteiger partial charge in [-0.05, 0) is 51.6 Å². The van der Waals surface area contributed by atoms with Gasteiger partial charge in [0.1, 0.15) is 18.5 Å². The van der Waals surface area contributed by atoms with Crippen LogP contribution in [0.5, 0.6) is 11.5 Å². The standard InChI is InChI=1S/C28H26NOSi/c1-17-25-19(11-10-18-8-6-7-9-22(18)25)15-23-26(17)28-27-20(12-13-29(28)2)14-21(31(3,4)5)16-24(27)30-23/h6-16H,1-5H3/q+1. The zero-order valence-electron chi connectivity index (χ0n) is 18.7. The summed E-state index contributed by atoms with van der Waals surface area (Å²) in [5, 5.41) is 9.05. The maximum Gasteiger partial charge on any atom is 0.228 e. The van der Waals surface area contributed by atoms with Gasteiger partial charge in [0.15, 0.2) is 6.20 Å². The number of aromatic nitrogens is 1. The molecule has 0 spiro atoms. The zero-order chi connectivity index (χ0) is 21.5. The molecule has 6 rings (SSSR count). The van der Waals surface area contributed by atoms with Crippen LogP contribution in [0.2, 0.25) is 19.6 Å². The molecule has 31 heavy (non-hydrogen) atoms. The highest BCUT2D eigenvalue weighted by atomic mass is 28.3. The average Bonchev–Trinajstić information content (AvgIpc) is 2.74. The smallest absolute Gasteiger partial charge is 0.228 e. The number of ether oxygens (including phenoxy) is 1. The van der Waals surface area contributed by atoms with Gasteiger partial charge in [0, 0.05) is 6.07 Å². The van der Waals surface area contributed by atoms with E-state index in [1.807, 2.05) is 0 Å². The summed E-state index contributed by atoms with van der Waals surface area (Å²) in [6.07, 6.45) is 2.19. The average molecular weight is 421 g/mol. The summed E-state index contributed by atoms with van der Waals surface area (Å²) in [5.74, 6) is 1.96. The molecule has 0 saturated heterocycles. The third-order valence-electron chi connectivity index (χ3n) is 6.77. The van der Waals surface area contributed by atoms with Gasteiger partial charge in [-0.3, -0.25) is 0 Å². The molecule has 0 atom stereocenters. The van der Waals surface area contributed by atoms with E-state index in [4.69, 9.17) is 4.74 Å². The molecular formula is C28H26NOSi+. The molecule has 0 bridgehead atoms. The predicted molar refractivity (Wildman–Crippen MR) is 133 cm³/mol. The molecule has 4 aromatic carbocycles. The topological polar surface area (TPSA) is 13.1 Å². The SMILES string of the molecule is Cc1c2c(cc3ccc4ccccc4c13)Oc1cc([Si](C)(C)C)cc3cc[n+](C)c-2c13. The molecule has 0 fully saturated rings. The van der Waals surface area contributed by atoms with E-state index >= 15 is 0 Å². The summed E-state index contributed by atoms with van der Waals surface area (Å²) in [4.78, 5) is 0. The number of fused-ring (bicyclic) bond motifs is 5. The first-order valence-corrected chi connectivity index (χ1v) is 14.4. The second kappa shape index (κ2) is 6.18. The van der Waals surface area contributed by atoms with Crippen LogP contribution in [0.1, 0.15) is 5.56 Å². The minimum absolute atomic E-state index is 0.962. The van der Waals surface area contributed by atoms with Crippen molar-refractivity contribution in [2.24, 2.45) is 7.05 Å². The lowest BCUT2D eigenvalue weighted by Gasteiger charge is -2.25. The number of benzene rings is 4. The molecule has 5 aromatic rings. The van der Waals surface area contributed by atoms with Crippen molar-refractivity contribution in [1.29, 1.82) is 0 Å². The lowest BCUT2D eigenvalue weighted by molar-refractivity contribution is -0.659. The number of nitrogens with zero attached hydrogens (tertiary/aromatic N) is 1. The van der Waals surface area contributed by atoms with E-state index in [1.165, 1.54) is 54.3 Å². The van der Waals surface area contributed by atoms with Gasteiger partial charge in [0.2, 0.25) is 5.69 Å². The van der Waals surface area contributed by atoms with Crippen LogP contribution < -0.4 is 14.5 Å². The summed E-state index contributed by atoms with van der Waals surface area (Å²) in [6.45, 7) is 9.43. The second-order valence-electron chi connectivity index (χ2n) is 9.83. The van der Waals surface area contributed by atoms with E-state index < -0.39 is 8.07 Å². The Morgan fingerprint density at radius 3 is 2.32 bits per heavy atom. The Balaban J connectivity index is 1.77. The van der Waals surface area contributed by atoms with Crippen LogP contribution in [-0.4, -0.2) is 8.07 Å². The van der Waals surface area contributed by atoms with Crippen molar-refractivity contribution < 1.29 is 9.30 Å². The Bertz CT molecular complexity index is 1560. The third-order valence-corrected chi connectivity index (χ3v) is 8.79. The molecule has 1 aromatic heterocycles. The highest BCUT2D eigenvalue weighted by molar-refractivity contribution is 6.88. The minimum atomic E-state index is -1.47. The van der Waals surface area contributed by atoms with Crippen LogP contribution in [-0.2, 0) is 7.05 Å². The van der Waals surface area contributed by atoms with Crippen LogP contribution in [0, 0.1) is 6.92 Å². The summed E-state index contributed by atoms with van der Waals surface area (Å²) in [7, 11) is 0.677. The Labute approximate surface area is 183 Å². The van der Waals surface area contributed by atoms with Crippen LogP contribution >= 0.6 is 0 Å². The maximum atomic E-state index is 6.65. The highest BCUT2D eigenvalue weighted by Gasteiger charge is 2.32. The van der Waals surface area contributed by atoms with Gasteiger partial charge in [0.25, 0.3) is 0 Å². The van der Waals surface area contributed by atoms with Crippen molar-refractivity contribution in [2.45, 2.75) is 26.6 Å². The van der Waals surface area contributed by atoms with Crippen LogP contribution in [0.15, 0.2) is 66.9 Å². The van der Waals surface area contributed by atoms with Gasteiger partial charge >= 0.3 is 0 Å². The summed E-state index contributed by atoms with van der Waals surface area (Å²) in [5.41, 5.74) is 3.75. The normalized spacial score (nSPS) is 12.9. The van der Waals surface area contributed by atoms with E-state index in [0.29, 0.717) is 0 Å². The van der Waals surface area contributed by atoms with Crippen molar-refractivity contribution in [2.75, 3.05) is 0 Å². The first-order chi connectivity index (χ1) is 14.8. The van der Waals surface area contributed by atoms with Crippen molar-refractivity contribution in [3.8, 4) is 22.8 Å². The van der Waals surface area contributed by atoms with E-state index in [-0.39, 0.29) is 0 Å². The third kappa shape index (κ3) is 2.59. The largest absolute Gasteiger partial charge is 0.456 e. The summed E-state index contributed by atoms with van der Waals surface area (Å²) >= 11 is 0. The summed E-state index contributed by atoms with van der Waals surface area (Å²) in [6, 6.07) is 22.2. The van der Waals surface area contributed by atoms with Crippen LogP contribution in [0.25, 0.3) is 43.6 Å². The van der Waals surface area contributed by atoms with Gasteiger partial charge < -0.3 is 4.74 Å². The highest BCUT2D eigenvalue weighted by Crippen LogP contribution is 2.48. The number of hydrogen-bond donors (Lipinski definition) is 0. The second-order valence-corrected chi connectivity index (χ2v) is 14.9. The van der Waals surface area contributed by atoms with E-state index in [1.54, 1.807) is 0 Å². The van der Waals surface area contributed by atoms with E-state index in [2.05, 4.69) is 105 Å². The number of hydrogen-bond acceptors (Lipinski definition) is 1. The van der Waals surface area contributed by atoms with E-state index in [9.17, 15) is 0 Å². The maximum absolute atomic E-state index is 6.65. The molecule has 2 nitrogen and oxygen atoms in total. The molecule has 0 amide bonds. The van der Waals surface area contributed by atoms with Crippen molar-refractivity contribution >= 4 is 45.6 Å². The molecule has 2 heterocycles. The molecule has 0 N–H and O–H groups in total. The number of pyridine rings is 1. The Kier molecular flexibility index (Phi) is 3.70. The minimum Gasteiger partial charge on any atom is -0.456 e. The molecule has 152 valence electrons. The van der Waals surface area contributed by atoms with Gasteiger partial charge in [-0.1, -0.05) is 67.3 Å². The lowest BCUT2D eigenvalue weighted by atomic mass is 9.90. The monoisotopic (exact) mass is 420 g/mol. The van der Waals surface area contributed by atoms with Crippen molar-refractivity contribution in [1.82, 2.24) is 0 Å². The fraction of sp³-hybridized carbons (Fsp3) is 0.179. The zero-order valence-corrected chi connectivity index (χ0v) is 19.7. The fourth-order valence-electron chi connectivity index (χ4n) is 5.12. The Hall–Kier alpha value is -3.17. The molecule has 0 radical (unpaired) electrons. The Morgan fingerprint density at radius 2 is 1.52 bits per heavy atom. The first kappa shape index (κ1) is 18.6. The van der Waals surface area contributed by atoms with Gasteiger partial charge in [-0.15, -0.1) is 0 Å². The van der Waals surface area contributed by atoms with Gasteiger partial charge in [-0.25, -0.2) is 4.57 Å². The molecule has 1 aliphatic heterocycles. The first-order valence-electron chi connectivity index (χ1n) is 10.9. The van der Waals surface area contributed by atoms with Crippen molar-refractivity contribution in [3.63, 3.8) is 0 Å². The van der Waals surface area contributed by atoms with Crippen molar-refractivity contribution in [3.05, 3.63) is 72.4 Å².